The average molecular weight is 476 g/mol. The Balaban J connectivity index is 0.00000102. The van der Waals surface area contributed by atoms with Gasteiger partial charge in [0.05, 0.1) is 9.75 Å². The van der Waals surface area contributed by atoms with E-state index in [2.05, 4.69) is 46.8 Å². The van der Waals surface area contributed by atoms with Crippen LogP contribution in [0.4, 0.5) is 0 Å². The first-order chi connectivity index (χ1) is 13.1. The highest BCUT2D eigenvalue weighted by molar-refractivity contribution is 7.12. The molecule has 0 saturated carbocycles. The van der Waals surface area contributed by atoms with Gasteiger partial charge in [-0.1, -0.05) is 0 Å². The molecule has 6 rings (SSSR count). The number of nitrogens with zero attached hydrogens (tertiary/aromatic N) is 2. The van der Waals surface area contributed by atoms with Crippen LogP contribution in [0.15, 0.2) is 22.9 Å². The third-order valence-electron chi connectivity index (χ3n) is 7.18. The fourth-order valence-electron chi connectivity index (χ4n) is 5.52. The number of hydrogen-bond donors (Lipinski definition) is 0. The number of fused-ring (bicyclic) bond motifs is 6. The largest absolute Gasteiger partial charge is 0.329 e. The van der Waals surface area contributed by atoms with Gasteiger partial charge >= 0.3 is 0 Å². The molecule has 0 N–H and O–H groups in total. The van der Waals surface area contributed by atoms with Crippen molar-refractivity contribution >= 4 is 47.5 Å². The van der Waals surface area contributed by atoms with Gasteiger partial charge in [-0.3, -0.25) is 0 Å². The van der Waals surface area contributed by atoms with Gasteiger partial charge in [-0.15, -0.1) is 47.5 Å². The molecule has 6 heterocycles. The normalized spacial score (nSPS) is 26.3. The van der Waals surface area contributed by atoms with Gasteiger partial charge in [0.2, 0.25) is 5.79 Å². The molecule has 4 aliphatic rings. The Morgan fingerprint density at radius 2 is 1.10 bits per heavy atom. The summed E-state index contributed by atoms with van der Waals surface area (Å²) < 4.78 is 14.2. The molecule has 160 valence electrons. The van der Waals surface area contributed by atoms with Gasteiger partial charge in [0.1, 0.15) is 11.2 Å². The summed E-state index contributed by atoms with van der Waals surface area (Å²) in [5, 5.41) is 4.48. The number of thiophene rings is 2. The van der Waals surface area contributed by atoms with Crippen LogP contribution in [0.1, 0.15) is 46.6 Å². The molecule has 0 bridgehead atoms. The Bertz CT molecular complexity index is 811. The molecular weight excluding hydrogens is 447 g/mol. The van der Waals surface area contributed by atoms with E-state index < -0.39 is 5.79 Å². The lowest BCUT2D eigenvalue weighted by Crippen LogP contribution is -2.45. The maximum absolute atomic E-state index is 7.09. The van der Waals surface area contributed by atoms with Crippen LogP contribution in [0.25, 0.3) is 0 Å². The first kappa shape index (κ1) is 22.0. The second kappa shape index (κ2) is 7.45. The summed E-state index contributed by atoms with van der Waals surface area (Å²) in [6.07, 6.45) is 4.20. The van der Waals surface area contributed by atoms with E-state index in [4.69, 9.17) is 9.47 Å². The zero-order chi connectivity index (χ0) is 18.3. The molecule has 4 nitrogen and oxygen atoms in total. The van der Waals surface area contributed by atoms with Crippen molar-refractivity contribution in [3.05, 3.63) is 43.8 Å². The molecule has 2 fully saturated rings. The van der Waals surface area contributed by atoms with Crippen molar-refractivity contribution in [2.75, 3.05) is 40.3 Å². The number of likely N-dealkylation sites (tertiary alicyclic amines) is 2. The predicted octanol–water partition coefficient (Wildman–Crippen LogP) is 4.76. The van der Waals surface area contributed by atoms with Crippen molar-refractivity contribution < 1.29 is 9.47 Å². The highest BCUT2D eigenvalue weighted by Gasteiger charge is 2.65. The van der Waals surface area contributed by atoms with Crippen LogP contribution in [0.5, 0.6) is 0 Å². The summed E-state index contributed by atoms with van der Waals surface area (Å²) in [5.74, 6) is -0.668. The van der Waals surface area contributed by atoms with Crippen LogP contribution >= 0.6 is 47.5 Å². The number of rotatable bonds is 0. The lowest BCUT2D eigenvalue weighted by Gasteiger charge is -2.42. The topological polar surface area (TPSA) is 24.9 Å². The van der Waals surface area contributed by atoms with Crippen LogP contribution in [-0.4, -0.2) is 50.1 Å². The van der Waals surface area contributed by atoms with Crippen molar-refractivity contribution in [1.29, 1.82) is 0 Å². The van der Waals surface area contributed by atoms with Crippen molar-refractivity contribution in [2.24, 2.45) is 0 Å². The summed E-state index contributed by atoms with van der Waals surface area (Å²) in [6.45, 7) is 4.33. The average Bonchev–Trinajstić information content (AvgIpc) is 3.41. The summed E-state index contributed by atoms with van der Waals surface area (Å²) in [6, 6.07) is 4.60. The third-order valence-corrected chi connectivity index (χ3v) is 9.17. The van der Waals surface area contributed by atoms with Crippen molar-refractivity contribution in [3.63, 3.8) is 0 Å². The molecule has 0 aliphatic carbocycles. The van der Waals surface area contributed by atoms with Gasteiger partial charge in [0.25, 0.3) is 0 Å². The molecule has 0 atom stereocenters. The zero-order valence-electron chi connectivity index (χ0n) is 16.8. The third kappa shape index (κ3) is 2.91. The molecule has 8 heteroatoms. The standard InChI is InChI=1S/C21H26N2O2S2.2ClH/c1-22-9-5-19(6-10-22)15-3-13-26-17(15)21(24-19)18-16(4-14-27-18)20(25-21)7-11-23(2)12-8-20;;/h3-4,13-14H,5-12H2,1-2H3;2*1H. The van der Waals surface area contributed by atoms with Crippen LogP contribution in [0.2, 0.25) is 0 Å². The lowest BCUT2D eigenvalue weighted by atomic mass is 9.85. The molecule has 3 spiro atoms. The first-order valence-electron chi connectivity index (χ1n) is 10.0. The van der Waals surface area contributed by atoms with Crippen LogP contribution in [0, 0.1) is 0 Å². The molecular formula is C21H28Cl2N2O2S2. The Hall–Kier alpha value is -0.180. The quantitative estimate of drug-likeness (QED) is 0.549. The number of ether oxygens (including phenoxy) is 2. The molecule has 29 heavy (non-hydrogen) atoms. The van der Waals surface area contributed by atoms with Gasteiger partial charge < -0.3 is 19.3 Å². The summed E-state index contributed by atoms with van der Waals surface area (Å²) >= 11 is 3.65. The number of halogens is 2. The second-order valence-electron chi connectivity index (χ2n) is 8.74. The summed E-state index contributed by atoms with van der Waals surface area (Å²) in [7, 11) is 4.42. The summed E-state index contributed by atoms with van der Waals surface area (Å²) in [5.41, 5.74) is 2.43. The molecule has 0 radical (unpaired) electrons. The zero-order valence-corrected chi connectivity index (χ0v) is 20.1. The van der Waals surface area contributed by atoms with Crippen molar-refractivity contribution in [3.8, 4) is 0 Å². The number of hydrogen-bond acceptors (Lipinski definition) is 6. The van der Waals surface area contributed by atoms with E-state index in [1.54, 1.807) is 0 Å². The minimum absolute atomic E-state index is 0. The SMILES string of the molecule is CN1CCC2(CC1)OC1(OC3(CCN(C)CC3)c3ccsc31)c1sccc12.Cl.Cl. The molecule has 0 unspecified atom stereocenters. The Kier molecular flexibility index (Phi) is 5.66. The van der Waals surface area contributed by atoms with Crippen LogP contribution in [-0.2, 0) is 26.5 Å². The van der Waals surface area contributed by atoms with E-state index in [0.29, 0.717) is 0 Å². The second-order valence-corrected chi connectivity index (χ2v) is 10.6. The highest BCUT2D eigenvalue weighted by atomic mass is 35.5. The van der Waals surface area contributed by atoms with Gasteiger partial charge in [-0.25, -0.2) is 0 Å². The minimum atomic E-state index is -0.668. The smallest absolute Gasteiger partial charge is 0.243 e. The molecule has 0 aromatic carbocycles. The first-order valence-corrected chi connectivity index (χ1v) is 11.8. The molecule has 0 amide bonds. The Morgan fingerprint density at radius 1 is 0.724 bits per heavy atom. The molecule has 2 aromatic rings. The predicted molar refractivity (Wildman–Crippen MR) is 123 cm³/mol. The van der Waals surface area contributed by atoms with E-state index in [0.717, 1.165) is 51.9 Å². The van der Waals surface area contributed by atoms with E-state index in [-0.39, 0.29) is 36.0 Å². The van der Waals surface area contributed by atoms with Gasteiger partial charge in [0, 0.05) is 37.3 Å². The molecule has 4 aliphatic heterocycles. The van der Waals surface area contributed by atoms with E-state index >= 15 is 0 Å². The Labute approximate surface area is 193 Å². The fraction of sp³-hybridized carbons (Fsp3) is 0.619. The molecule has 2 aromatic heterocycles. The number of piperidine rings is 2. The Morgan fingerprint density at radius 3 is 1.48 bits per heavy atom. The fourth-order valence-corrected chi connectivity index (χ4v) is 7.71. The minimum Gasteiger partial charge on any atom is -0.329 e. The highest BCUT2D eigenvalue weighted by Crippen LogP contribution is 2.65. The lowest BCUT2D eigenvalue weighted by molar-refractivity contribution is -0.300. The van der Waals surface area contributed by atoms with Gasteiger partial charge in [-0.2, -0.15) is 0 Å². The van der Waals surface area contributed by atoms with Gasteiger partial charge in [0.15, 0.2) is 0 Å². The summed E-state index contributed by atoms with van der Waals surface area (Å²) in [4.78, 5) is 7.45. The van der Waals surface area contributed by atoms with Crippen LogP contribution in [0.3, 0.4) is 0 Å². The van der Waals surface area contributed by atoms with Crippen LogP contribution < -0.4 is 0 Å². The van der Waals surface area contributed by atoms with Gasteiger partial charge in [-0.05, 0) is 62.7 Å². The van der Waals surface area contributed by atoms with E-state index in [1.807, 2.05) is 22.7 Å². The maximum Gasteiger partial charge on any atom is 0.243 e. The monoisotopic (exact) mass is 474 g/mol. The van der Waals surface area contributed by atoms with Crippen molar-refractivity contribution in [2.45, 2.75) is 42.7 Å². The van der Waals surface area contributed by atoms with E-state index in [9.17, 15) is 0 Å². The van der Waals surface area contributed by atoms with E-state index in [1.165, 1.54) is 20.9 Å². The molecule has 2 saturated heterocycles. The maximum atomic E-state index is 7.09. The van der Waals surface area contributed by atoms with Crippen molar-refractivity contribution in [1.82, 2.24) is 9.80 Å².